The van der Waals surface area contributed by atoms with Crippen molar-refractivity contribution in [3.8, 4) is 0 Å². The van der Waals surface area contributed by atoms with Gasteiger partial charge in [-0.05, 0) is 12.3 Å². The average molecular weight is 326 g/mol. The van der Waals surface area contributed by atoms with E-state index >= 15 is 0 Å². The standard InChI is InChI=1S/C8H15NO.Re/c1-6(2)7-4-3-5-9-8(7)10;/h6-7H,3-5H2,1-2H3,(H,9,10);/p-1. The van der Waals surface area contributed by atoms with E-state index in [1.165, 1.54) is 0 Å². The van der Waals surface area contributed by atoms with Gasteiger partial charge >= 0.3 is 0 Å². The van der Waals surface area contributed by atoms with Crippen LogP contribution >= 0.6 is 0 Å². The number of hydrogen-bond donors (Lipinski definition) is 0. The summed E-state index contributed by atoms with van der Waals surface area (Å²) in [5.41, 5.74) is 0. The molecule has 1 atom stereocenters. The summed E-state index contributed by atoms with van der Waals surface area (Å²) >= 11 is 0. The van der Waals surface area contributed by atoms with Gasteiger partial charge in [-0.25, -0.2) is 0 Å². The Morgan fingerprint density at radius 3 is 2.55 bits per heavy atom. The van der Waals surface area contributed by atoms with Gasteiger partial charge in [0.1, 0.15) is 0 Å². The van der Waals surface area contributed by atoms with Crippen molar-refractivity contribution in [2.75, 3.05) is 6.54 Å². The van der Waals surface area contributed by atoms with Gasteiger partial charge in [0.2, 0.25) is 0 Å². The summed E-state index contributed by atoms with van der Waals surface area (Å²) in [4.78, 5) is 11.1. The first-order valence-corrected chi connectivity index (χ1v) is 3.93. The van der Waals surface area contributed by atoms with E-state index in [1.54, 1.807) is 0 Å². The molecule has 1 heterocycles. The van der Waals surface area contributed by atoms with Crippen LogP contribution in [-0.2, 0) is 25.2 Å². The minimum absolute atomic E-state index is 0. The topological polar surface area (TPSA) is 31.2 Å². The molecule has 1 amide bonds. The Kier molecular flexibility index (Phi) is 4.96. The minimum Gasteiger partial charge on any atom is -0.653 e. The van der Waals surface area contributed by atoms with Gasteiger partial charge in [0.15, 0.2) is 0 Å². The zero-order chi connectivity index (χ0) is 7.56. The molecule has 0 aromatic carbocycles. The molecular formula is C8H14NORe-. The Labute approximate surface area is 81.8 Å². The summed E-state index contributed by atoms with van der Waals surface area (Å²) in [6.07, 6.45) is 2.13. The molecule has 1 saturated heterocycles. The van der Waals surface area contributed by atoms with Crippen molar-refractivity contribution in [3.63, 3.8) is 0 Å². The Balaban J connectivity index is 0.000001000. The smallest absolute Gasteiger partial charge is 0.0545 e. The zero-order valence-electron chi connectivity index (χ0n) is 7.01. The van der Waals surface area contributed by atoms with Gasteiger partial charge in [-0.15, -0.1) is 6.54 Å². The summed E-state index contributed by atoms with van der Waals surface area (Å²) in [6, 6.07) is 0. The van der Waals surface area contributed by atoms with Crippen LogP contribution in [0.4, 0.5) is 0 Å². The number of piperidine rings is 1. The zero-order valence-corrected chi connectivity index (χ0v) is 9.73. The third-order valence-electron chi connectivity index (χ3n) is 2.06. The molecular weight excluding hydrogens is 312 g/mol. The number of amides is 1. The fourth-order valence-corrected chi connectivity index (χ4v) is 1.36. The molecule has 1 fully saturated rings. The summed E-state index contributed by atoms with van der Waals surface area (Å²) in [5, 5.41) is 3.89. The summed E-state index contributed by atoms with van der Waals surface area (Å²) in [6.45, 7) is 4.93. The van der Waals surface area contributed by atoms with E-state index in [0.29, 0.717) is 5.92 Å². The van der Waals surface area contributed by atoms with E-state index in [2.05, 4.69) is 19.2 Å². The van der Waals surface area contributed by atoms with Crippen LogP contribution in [0.2, 0.25) is 0 Å². The van der Waals surface area contributed by atoms with Crippen molar-refractivity contribution in [1.29, 1.82) is 0 Å². The van der Waals surface area contributed by atoms with E-state index in [1.807, 2.05) is 0 Å². The third kappa shape index (κ3) is 2.93. The first-order valence-electron chi connectivity index (χ1n) is 3.93. The number of rotatable bonds is 1. The molecule has 0 aromatic rings. The summed E-state index contributed by atoms with van der Waals surface area (Å²) in [5.74, 6) is 0.812. The fourth-order valence-electron chi connectivity index (χ4n) is 1.36. The van der Waals surface area contributed by atoms with Crippen LogP contribution < -0.4 is 0 Å². The molecule has 0 aromatic heterocycles. The fraction of sp³-hybridized carbons (Fsp3) is 0.875. The molecule has 0 aliphatic carbocycles. The average Bonchev–Trinajstić information content (AvgIpc) is 1.88. The van der Waals surface area contributed by atoms with Crippen LogP contribution in [0.25, 0.3) is 5.32 Å². The van der Waals surface area contributed by atoms with Gasteiger partial charge in [0.25, 0.3) is 0 Å². The van der Waals surface area contributed by atoms with Gasteiger partial charge in [-0.3, -0.25) is 0 Å². The molecule has 1 radical (unpaired) electrons. The van der Waals surface area contributed by atoms with E-state index in [4.69, 9.17) is 0 Å². The van der Waals surface area contributed by atoms with Crippen molar-refractivity contribution >= 4 is 5.91 Å². The second kappa shape index (κ2) is 4.90. The molecule has 2 nitrogen and oxygen atoms in total. The monoisotopic (exact) mass is 327 g/mol. The molecule has 0 N–H and O–H groups in total. The molecule has 1 aliphatic heterocycles. The second-order valence-electron chi connectivity index (χ2n) is 3.21. The second-order valence-corrected chi connectivity index (χ2v) is 3.21. The summed E-state index contributed by atoms with van der Waals surface area (Å²) in [7, 11) is 0. The van der Waals surface area contributed by atoms with Crippen molar-refractivity contribution < 1.29 is 25.2 Å². The van der Waals surface area contributed by atoms with Crippen LogP contribution in [0.15, 0.2) is 0 Å². The van der Waals surface area contributed by atoms with Crippen LogP contribution in [-0.4, -0.2) is 12.5 Å². The molecule has 3 heteroatoms. The third-order valence-corrected chi connectivity index (χ3v) is 2.06. The quantitative estimate of drug-likeness (QED) is 0.725. The Morgan fingerprint density at radius 2 is 2.18 bits per heavy atom. The SMILES string of the molecule is CC(C)C1CCC[N-]C1=O.[Re]. The number of carbonyl (C=O) groups excluding carboxylic acids is 1. The molecule has 1 rings (SSSR count). The Hall–Kier alpha value is 0.132. The van der Waals surface area contributed by atoms with Crippen LogP contribution in [0.5, 0.6) is 0 Å². The first kappa shape index (κ1) is 11.1. The van der Waals surface area contributed by atoms with E-state index in [9.17, 15) is 4.79 Å². The first-order chi connectivity index (χ1) is 4.72. The number of hydrogen-bond acceptors (Lipinski definition) is 1. The maximum absolute atomic E-state index is 11.1. The molecule has 0 bridgehead atoms. The predicted molar refractivity (Wildman–Crippen MR) is 40.8 cm³/mol. The maximum Gasteiger partial charge on any atom is 0.0545 e. The maximum atomic E-state index is 11.1. The van der Waals surface area contributed by atoms with Gasteiger partial charge < -0.3 is 10.1 Å². The van der Waals surface area contributed by atoms with Gasteiger partial charge in [-0.1, -0.05) is 20.3 Å². The molecule has 1 unspecified atom stereocenters. The van der Waals surface area contributed by atoms with Gasteiger partial charge in [0.05, 0.1) is 5.91 Å². The van der Waals surface area contributed by atoms with Crippen LogP contribution in [0, 0.1) is 11.8 Å². The number of nitrogens with zero attached hydrogens (tertiary/aromatic N) is 1. The van der Waals surface area contributed by atoms with Crippen molar-refractivity contribution in [2.24, 2.45) is 11.8 Å². The van der Waals surface area contributed by atoms with Crippen molar-refractivity contribution in [2.45, 2.75) is 26.7 Å². The Bertz CT molecular complexity index is 136. The molecule has 0 spiro atoms. The molecule has 11 heavy (non-hydrogen) atoms. The van der Waals surface area contributed by atoms with E-state index in [-0.39, 0.29) is 32.2 Å². The van der Waals surface area contributed by atoms with E-state index in [0.717, 1.165) is 19.4 Å². The molecule has 65 valence electrons. The van der Waals surface area contributed by atoms with Gasteiger partial charge in [-0.2, -0.15) is 0 Å². The van der Waals surface area contributed by atoms with Crippen LogP contribution in [0.1, 0.15) is 26.7 Å². The summed E-state index contributed by atoms with van der Waals surface area (Å²) < 4.78 is 0. The Morgan fingerprint density at radius 1 is 1.55 bits per heavy atom. The van der Waals surface area contributed by atoms with Crippen molar-refractivity contribution in [1.82, 2.24) is 0 Å². The van der Waals surface area contributed by atoms with Gasteiger partial charge in [0, 0.05) is 26.3 Å². The molecule has 0 saturated carbocycles. The van der Waals surface area contributed by atoms with Crippen molar-refractivity contribution in [3.05, 3.63) is 5.32 Å². The largest absolute Gasteiger partial charge is 0.653 e. The molecule has 1 aliphatic rings. The minimum atomic E-state index is 0. The normalized spacial score (nSPS) is 24.3. The number of carbonyl (C=O) groups is 1. The van der Waals surface area contributed by atoms with Crippen LogP contribution in [0.3, 0.4) is 0 Å². The van der Waals surface area contributed by atoms with E-state index < -0.39 is 0 Å². The predicted octanol–water partition coefficient (Wildman–Crippen LogP) is 1.95.